The predicted molar refractivity (Wildman–Crippen MR) is 117 cm³/mol. The number of amides is 1. The summed E-state index contributed by atoms with van der Waals surface area (Å²) < 4.78 is 2.01. The summed E-state index contributed by atoms with van der Waals surface area (Å²) in [6.45, 7) is 4.33. The van der Waals surface area contributed by atoms with Gasteiger partial charge in [0.25, 0.3) is 0 Å². The Morgan fingerprint density at radius 2 is 1.83 bits per heavy atom. The summed E-state index contributed by atoms with van der Waals surface area (Å²) in [5.41, 5.74) is 1.94. The molecule has 2 heterocycles. The molecule has 30 heavy (non-hydrogen) atoms. The lowest BCUT2D eigenvalue weighted by molar-refractivity contribution is -0.125. The molecule has 8 heteroatoms. The summed E-state index contributed by atoms with van der Waals surface area (Å²) in [6, 6.07) is 12.9. The van der Waals surface area contributed by atoms with Crippen molar-refractivity contribution in [3.63, 3.8) is 0 Å². The molecule has 0 aliphatic heterocycles. The maximum atomic E-state index is 12.5. The molecule has 156 valence electrons. The minimum Gasteiger partial charge on any atom is -0.345 e. The number of hydrogen-bond donors (Lipinski definition) is 1. The van der Waals surface area contributed by atoms with Gasteiger partial charge in [0.15, 0.2) is 16.8 Å². The fraction of sp³-hybridized carbons (Fsp3) is 0.318. The molecule has 2 aromatic heterocycles. The van der Waals surface area contributed by atoms with Crippen molar-refractivity contribution in [2.24, 2.45) is 0 Å². The molecule has 0 aliphatic carbocycles. The number of Topliss-reactive ketones (excluding diaryl/α,β-unsaturated/α-hetero) is 1. The van der Waals surface area contributed by atoms with Crippen molar-refractivity contribution >= 4 is 23.5 Å². The number of pyridine rings is 1. The van der Waals surface area contributed by atoms with E-state index < -0.39 is 6.04 Å². The number of ketones is 1. The topological polar surface area (TPSA) is 89.8 Å². The predicted octanol–water partition coefficient (Wildman–Crippen LogP) is 3.16. The second kappa shape index (κ2) is 10.7. The van der Waals surface area contributed by atoms with Crippen LogP contribution in [0.3, 0.4) is 0 Å². The lowest BCUT2D eigenvalue weighted by Gasteiger charge is -2.16. The van der Waals surface area contributed by atoms with Gasteiger partial charge in [0.05, 0.1) is 11.8 Å². The Labute approximate surface area is 180 Å². The van der Waals surface area contributed by atoms with Gasteiger partial charge in [0, 0.05) is 24.5 Å². The van der Waals surface area contributed by atoms with Crippen molar-refractivity contribution in [1.82, 2.24) is 25.1 Å². The summed E-state index contributed by atoms with van der Waals surface area (Å²) >= 11 is 1.32. The summed E-state index contributed by atoms with van der Waals surface area (Å²) in [5.74, 6) is 0.656. The van der Waals surface area contributed by atoms with Crippen LogP contribution in [0, 0.1) is 0 Å². The van der Waals surface area contributed by atoms with Gasteiger partial charge < -0.3 is 9.88 Å². The number of carbonyl (C=O) groups is 2. The maximum Gasteiger partial charge on any atom is 0.231 e. The molecular weight excluding hydrogens is 398 g/mol. The Morgan fingerprint density at radius 3 is 2.50 bits per heavy atom. The van der Waals surface area contributed by atoms with Gasteiger partial charge in [-0.1, -0.05) is 49.0 Å². The number of benzene rings is 1. The minimum absolute atomic E-state index is 0.0636. The van der Waals surface area contributed by atoms with E-state index in [1.807, 2.05) is 47.0 Å². The summed E-state index contributed by atoms with van der Waals surface area (Å²) in [5, 5.41) is 12.1. The molecule has 1 aromatic carbocycles. The van der Waals surface area contributed by atoms with E-state index in [1.54, 1.807) is 12.4 Å². The molecule has 0 saturated heterocycles. The van der Waals surface area contributed by atoms with E-state index in [-0.39, 0.29) is 17.4 Å². The van der Waals surface area contributed by atoms with Crippen LogP contribution in [0.15, 0.2) is 60.0 Å². The standard InChI is InChI=1S/C22H25N5O2S/c1-3-13-27-21(18-9-11-23-12-10-18)25-26-22(27)30-15-20(29)24-19(16(2)28)14-17-7-5-4-6-8-17/h4-12,19H,3,13-15H2,1-2H3,(H,24,29)/t19-/m1/s1. The molecule has 0 saturated carbocycles. The number of rotatable bonds is 10. The largest absolute Gasteiger partial charge is 0.345 e. The molecular formula is C22H25N5O2S. The molecule has 1 amide bonds. The molecule has 0 bridgehead atoms. The number of hydrogen-bond acceptors (Lipinski definition) is 6. The van der Waals surface area contributed by atoms with Gasteiger partial charge in [-0.3, -0.25) is 14.6 Å². The van der Waals surface area contributed by atoms with Crippen molar-refractivity contribution < 1.29 is 9.59 Å². The van der Waals surface area contributed by atoms with E-state index in [0.717, 1.165) is 29.9 Å². The molecule has 1 N–H and O–H groups in total. The van der Waals surface area contributed by atoms with E-state index >= 15 is 0 Å². The van der Waals surface area contributed by atoms with Crippen LogP contribution in [-0.4, -0.2) is 43.2 Å². The Balaban J connectivity index is 1.65. The third-order valence-corrected chi connectivity index (χ3v) is 5.51. The van der Waals surface area contributed by atoms with Crippen molar-refractivity contribution in [3.8, 4) is 11.4 Å². The number of nitrogens with zero attached hydrogens (tertiary/aromatic N) is 4. The SMILES string of the molecule is CCCn1c(SCC(=O)N[C@H](Cc2ccccc2)C(C)=O)nnc1-c1ccncc1. The molecule has 0 unspecified atom stereocenters. The van der Waals surface area contributed by atoms with Crippen LogP contribution in [-0.2, 0) is 22.6 Å². The fourth-order valence-electron chi connectivity index (χ4n) is 3.05. The van der Waals surface area contributed by atoms with Gasteiger partial charge in [0.2, 0.25) is 5.91 Å². The zero-order valence-electron chi connectivity index (χ0n) is 17.1. The fourth-order valence-corrected chi connectivity index (χ4v) is 3.82. The maximum absolute atomic E-state index is 12.5. The Morgan fingerprint density at radius 1 is 1.10 bits per heavy atom. The number of aromatic nitrogens is 4. The molecule has 0 aliphatic rings. The van der Waals surface area contributed by atoms with Crippen molar-refractivity contribution in [2.45, 2.75) is 44.4 Å². The smallest absolute Gasteiger partial charge is 0.231 e. The number of carbonyl (C=O) groups excluding carboxylic acids is 2. The van der Waals surface area contributed by atoms with Crippen LogP contribution in [0.4, 0.5) is 0 Å². The Kier molecular flexibility index (Phi) is 7.73. The third kappa shape index (κ3) is 5.76. The second-order valence-electron chi connectivity index (χ2n) is 6.90. The van der Waals surface area contributed by atoms with E-state index in [0.29, 0.717) is 11.6 Å². The highest BCUT2D eigenvalue weighted by atomic mass is 32.2. The quantitative estimate of drug-likeness (QED) is 0.504. The monoisotopic (exact) mass is 423 g/mol. The van der Waals surface area contributed by atoms with Crippen LogP contribution < -0.4 is 5.32 Å². The highest BCUT2D eigenvalue weighted by Gasteiger charge is 2.19. The van der Waals surface area contributed by atoms with E-state index in [9.17, 15) is 9.59 Å². The first kappa shape index (κ1) is 21.7. The van der Waals surface area contributed by atoms with Crippen LogP contribution in [0.1, 0.15) is 25.8 Å². The van der Waals surface area contributed by atoms with Crippen LogP contribution >= 0.6 is 11.8 Å². The average Bonchev–Trinajstić information content (AvgIpc) is 3.16. The molecule has 0 fully saturated rings. The van der Waals surface area contributed by atoms with Gasteiger partial charge in [0.1, 0.15) is 0 Å². The zero-order chi connectivity index (χ0) is 21.3. The summed E-state index contributed by atoms with van der Waals surface area (Å²) in [7, 11) is 0. The summed E-state index contributed by atoms with van der Waals surface area (Å²) in [6.07, 6.45) is 4.83. The molecule has 1 atom stereocenters. The van der Waals surface area contributed by atoms with Gasteiger partial charge in [-0.05, 0) is 37.5 Å². The number of nitrogens with one attached hydrogen (secondary N) is 1. The van der Waals surface area contributed by atoms with Gasteiger partial charge in [-0.2, -0.15) is 0 Å². The zero-order valence-corrected chi connectivity index (χ0v) is 17.9. The van der Waals surface area contributed by atoms with Gasteiger partial charge >= 0.3 is 0 Å². The third-order valence-electron chi connectivity index (χ3n) is 4.54. The second-order valence-corrected chi connectivity index (χ2v) is 7.85. The first-order valence-electron chi connectivity index (χ1n) is 9.88. The van der Waals surface area contributed by atoms with Crippen LogP contribution in [0.5, 0.6) is 0 Å². The summed E-state index contributed by atoms with van der Waals surface area (Å²) in [4.78, 5) is 28.6. The van der Waals surface area contributed by atoms with Crippen molar-refractivity contribution in [2.75, 3.05) is 5.75 Å². The van der Waals surface area contributed by atoms with E-state index in [2.05, 4.69) is 27.4 Å². The average molecular weight is 424 g/mol. The van der Waals surface area contributed by atoms with E-state index in [4.69, 9.17) is 0 Å². The number of thioether (sulfide) groups is 1. The molecule has 7 nitrogen and oxygen atoms in total. The highest BCUT2D eigenvalue weighted by Crippen LogP contribution is 2.24. The lowest BCUT2D eigenvalue weighted by Crippen LogP contribution is -2.42. The van der Waals surface area contributed by atoms with Gasteiger partial charge in [-0.15, -0.1) is 10.2 Å². The minimum atomic E-state index is -0.540. The molecule has 0 radical (unpaired) electrons. The van der Waals surface area contributed by atoms with Gasteiger partial charge in [-0.25, -0.2) is 0 Å². The first-order valence-corrected chi connectivity index (χ1v) is 10.9. The van der Waals surface area contributed by atoms with Crippen LogP contribution in [0.2, 0.25) is 0 Å². The highest BCUT2D eigenvalue weighted by molar-refractivity contribution is 7.99. The van der Waals surface area contributed by atoms with E-state index in [1.165, 1.54) is 18.7 Å². The Bertz CT molecular complexity index is 976. The van der Waals surface area contributed by atoms with Crippen molar-refractivity contribution in [3.05, 3.63) is 60.4 Å². The first-order chi connectivity index (χ1) is 14.6. The van der Waals surface area contributed by atoms with Crippen molar-refractivity contribution in [1.29, 1.82) is 0 Å². The normalized spacial score (nSPS) is 11.8. The Hall–Kier alpha value is -3.00. The molecule has 3 rings (SSSR count). The van der Waals surface area contributed by atoms with Crippen LogP contribution in [0.25, 0.3) is 11.4 Å². The molecule has 0 spiro atoms. The molecule has 3 aromatic rings. The lowest BCUT2D eigenvalue weighted by atomic mass is 10.0.